The number of amides is 1. The van der Waals surface area contributed by atoms with Gasteiger partial charge in [0.25, 0.3) is 0 Å². The lowest BCUT2D eigenvalue weighted by atomic mass is 10.6. The third kappa shape index (κ3) is 2.03. The molecule has 70 valence electrons. The third-order valence-electron chi connectivity index (χ3n) is 1.46. The summed E-state index contributed by atoms with van der Waals surface area (Å²) in [6.45, 7) is 1.39. The summed E-state index contributed by atoms with van der Waals surface area (Å²) in [6.07, 6.45) is 1.24. The summed E-state index contributed by atoms with van der Waals surface area (Å²) in [6, 6.07) is 0. The van der Waals surface area contributed by atoms with E-state index in [0.717, 1.165) is 11.3 Å². The molecule has 0 bridgehead atoms. The standard InChI is InChI=1S/C7H8N2O3S/c1-4(10)9(2)7-8-3-5(13-7)6(11)12/h3H,1-2H3,(H,11,12). The Labute approximate surface area is 78.6 Å². The second-order valence-corrected chi connectivity index (χ2v) is 3.40. The van der Waals surface area contributed by atoms with Crippen LogP contribution in [0.2, 0.25) is 0 Å². The first-order valence-electron chi connectivity index (χ1n) is 3.46. The zero-order valence-corrected chi connectivity index (χ0v) is 7.96. The summed E-state index contributed by atoms with van der Waals surface area (Å²) in [4.78, 5) is 26.6. The van der Waals surface area contributed by atoms with E-state index in [4.69, 9.17) is 5.11 Å². The smallest absolute Gasteiger partial charge is 0.347 e. The number of aromatic carboxylic acids is 1. The first-order valence-corrected chi connectivity index (χ1v) is 4.27. The molecule has 6 heteroatoms. The first-order chi connectivity index (χ1) is 6.02. The molecule has 0 atom stereocenters. The van der Waals surface area contributed by atoms with Gasteiger partial charge >= 0.3 is 5.97 Å². The van der Waals surface area contributed by atoms with E-state index in [1.165, 1.54) is 18.0 Å². The summed E-state index contributed by atoms with van der Waals surface area (Å²) < 4.78 is 0. The minimum absolute atomic E-state index is 0.128. The number of carbonyl (C=O) groups excluding carboxylic acids is 1. The number of hydrogen-bond acceptors (Lipinski definition) is 4. The number of carboxylic acid groups (broad SMARTS) is 1. The molecule has 0 saturated carbocycles. The largest absolute Gasteiger partial charge is 0.477 e. The Morgan fingerprint density at radius 1 is 1.62 bits per heavy atom. The van der Waals surface area contributed by atoms with Crippen LogP contribution in [0.5, 0.6) is 0 Å². The van der Waals surface area contributed by atoms with E-state index in [9.17, 15) is 9.59 Å². The number of anilines is 1. The Morgan fingerprint density at radius 2 is 2.23 bits per heavy atom. The van der Waals surface area contributed by atoms with Gasteiger partial charge in [-0.2, -0.15) is 0 Å². The van der Waals surface area contributed by atoms with Gasteiger partial charge in [-0.05, 0) is 0 Å². The van der Waals surface area contributed by atoms with Crippen molar-refractivity contribution in [3.05, 3.63) is 11.1 Å². The second-order valence-electron chi connectivity index (χ2n) is 2.39. The molecule has 1 amide bonds. The van der Waals surface area contributed by atoms with E-state index in [0.29, 0.717) is 5.13 Å². The fraction of sp³-hybridized carbons (Fsp3) is 0.286. The predicted molar refractivity (Wildman–Crippen MR) is 48.2 cm³/mol. The zero-order chi connectivity index (χ0) is 10.0. The van der Waals surface area contributed by atoms with Gasteiger partial charge in [-0.3, -0.25) is 9.69 Å². The molecule has 13 heavy (non-hydrogen) atoms. The highest BCUT2D eigenvalue weighted by atomic mass is 32.1. The molecule has 0 radical (unpaired) electrons. The van der Waals surface area contributed by atoms with Crippen molar-refractivity contribution in [1.29, 1.82) is 0 Å². The minimum atomic E-state index is -1.03. The average molecular weight is 200 g/mol. The predicted octanol–water partition coefficient (Wildman–Crippen LogP) is 0.824. The number of aromatic nitrogens is 1. The number of thiazole rings is 1. The van der Waals surface area contributed by atoms with Gasteiger partial charge in [0.2, 0.25) is 5.91 Å². The van der Waals surface area contributed by atoms with Gasteiger partial charge in [-0.15, -0.1) is 0 Å². The summed E-state index contributed by atoms with van der Waals surface area (Å²) in [5, 5.41) is 8.98. The Balaban J connectivity index is 2.91. The molecule has 1 N–H and O–H groups in total. The Hall–Kier alpha value is -1.43. The van der Waals surface area contributed by atoms with Crippen molar-refractivity contribution in [2.75, 3.05) is 11.9 Å². The normalized spacial score (nSPS) is 9.69. The van der Waals surface area contributed by atoms with Gasteiger partial charge in [0.1, 0.15) is 4.88 Å². The number of hydrogen-bond donors (Lipinski definition) is 1. The molecular weight excluding hydrogens is 192 g/mol. The monoisotopic (exact) mass is 200 g/mol. The van der Waals surface area contributed by atoms with Crippen LogP contribution in [0, 0.1) is 0 Å². The van der Waals surface area contributed by atoms with Gasteiger partial charge in [0.05, 0.1) is 6.20 Å². The maximum absolute atomic E-state index is 10.9. The van der Waals surface area contributed by atoms with E-state index in [1.54, 1.807) is 7.05 Å². The Kier molecular flexibility index (Phi) is 2.62. The average Bonchev–Trinajstić information content (AvgIpc) is 2.50. The molecule has 0 aromatic carbocycles. The molecule has 1 rings (SSSR count). The first kappa shape index (κ1) is 9.66. The van der Waals surface area contributed by atoms with Gasteiger partial charge in [0, 0.05) is 14.0 Å². The van der Waals surface area contributed by atoms with Crippen molar-refractivity contribution in [3.8, 4) is 0 Å². The molecule has 0 spiro atoms. The fourth-order valence-corrected chi connectivity index (χ4v) is 1.41. The third-order valence-corrected chi connectivity index (χ3v) is 2.53. The lowest BCUT2D eigenvalue weighted by molar-refractivity contribution is -0.116. The fourth-order valence-electron chi connectivity index (χ4n) is 0.654. The van der Waals surface area contributed by atoms with Crippen LogP contribution in [0.25, 0.3) is 0 Å². The van der Waals surface area contributed by atoms with E-state index < -0.39 is 5.97 Å². The van der Waals surface area contributed by atoms with Crippen molar-refractivity contribution < 1.29 is 14.7 Å². The molecule has 0 aliphatic rings. The van der Waals surface area contributed by atoms with Crippen LogP contribution in [-0.2, 0) is 4.79 Å². The van der Waals surface area contributed by atoms with Crippen LogP contribution >= 0.6 is 11.3 Å². The van der Waals surface area contributed by atoms with Crippen molar-refractivity contribution >= 4 is 28.3 Å². The molecule has 0 unspecified atom stereocenters. The van der Waals surface area contributed by atoms with E-state index >= 15 is 0 Å². The topological polar surface area (TPSA) is 70.5 Å². The van der Waals surface area contributed by atoms with Crippen LogP contribution < -0.4 is 4.90 Å². The van der Waals surface area contributed by atoms with Crippen molar-refractivity contribution in [2.45, 2.75) is 6.92 Å². The van der Waals surface area contributed by atoms with E-state index in [2.05, 4.69) is 4.98 Å². The summed E-state index contributed by atoms with van der Waals surface area (Å²) in [7, 11) is 1.55. The molecule has 0 saturated heterocycles. The maximum atomic E-state index is 10.9. The molecule has 1 aromatic heterocycles. The second kappa shape index (κ2) is 3.53. The van der Waals surface area contributed by atoms with Gasteiger partial charge < -0.3 is 5.11 Å². The molecular formula is C7H8N2O3S. The number of rotatable bonds is 2. The summed E-state index contributed by atoms with van der Waals surface area (Å²) in [5.74, 6) is -1.20. The van der Waals surface area contributed by atoms with Crippen LogP contribution in [0.15, 0.2) is 6.20 Å². The van der Waals surface area contributed by atoms with E-state index in [-0.39, 0.29) is 10.8 Å². The number of carboxylic acids is 1. The summed E-state index contributed by atoms with van der Waals surface area (Å²) in [5.41, 5.74) is 0. The number of carbonyl (C=O) groups is 2. The van der Waals surface area contributed by atoms with Gasteiger partial charge in [-0.1, -0.05) is 11.3 Å². The zero-order valence-electron chi connectivity index (χ0n) is 7.14. The minimum Gasteiger partial charge on any atom is -0.477 e. The quantitative estimate of drug-likeness (QED) is 0.767. The van der Waals surface area contributed by atoms with Crippen molar-refractivity contribution in [2.24, 2.45) is 0 Å². The molecule has 1 aromatic rings. The SMILES string of the molecule is CC(=O)N(C)c1ncc(C(=O)O)s1. The lowest BCUT2D eigenvalue weighted by Gasteiger charge is -2.08. The maximum Gasteiger partial charge on any atom is 0.347 e. The highest BCUT2D eigenvalue weighted by Gasteiger charge is 2.13. The summed E-state index contributed by atoms with van der Waals surface area (Å²) >= 11 is 0.972. The van der Waals surface area contributed by atoms with E-state index in [1.807, 2.05) is 0 Å². The Morgan fingerprint density at radius 3 is 2.62 bits per heavy atom. The van der Waals surface area contributed by atoms with Crippen LogP contribution in [0.1, 0.15) is 16.6 Å². The highest BCUT2D eigenvalue weighted by molar-refractivity contribution is 7.17. The highest BCUT2D eigenvalue weighted by Crippen LogP contribution is 2.21. The van der Waals surface area contributed by atoms with Gasteiger partial charge in [-0.25, -0.2) is 9.78 Å². The van der Waals surface area contributed by atoms with Gasteiger partial charge in [0.15, 0.2) is 5.13 Å². The molecule has 0 aliphatic heterocycles. The Bertz CT molecular complexity index is 347. The molecule has 0 aliphatic carbocycles. The molecule has 0 fully saturated rings. The molecule has 5 nitrogen and oxygen atoms in total. The number of nitrogens with zero attached hydrogens (tertiary/aromatic N) is 2. The van der Waals surface area contributed by atoms with Crippen LogP contribution in [0.4, 0.5) is 5.13 Å². The van der Waals surface area contributed by atoms with Crippen molar-refractivity contribution in [1.82, 2.24) is 4.98 Å². The van der Waals surface area contributed by atoms with Crippen LogP contribution in [0.3, 0.4) is 0 Å². The van der Waals surface area contributed by atoms with Crippen molar-refractivity contribution in [3.63, 3.8) is 0 Å². The molecule has 1 heterocycles. The lowest BCUT2D eigenvalue weighted by Crippen LogP contribution is -2.22. The van der Waals surface area contributed by atoms with Crippen LogP contribution in [-0.4, -0.2) is 29.0 Å².